The van der Waals surface area contributed by atoms with E-state index in [1.807, 2.05) is 10.7 Å². The molecule has 0 fully saturated rings. The molecule has 1 aliphatic heterocycles. The molecule has 2 amide bonds. The van der Waals surface area contributed by atoms with Crippen LogP contribution in [0.2, 0.25) is 0 Å². The first-order valence-electron chi connectivity index (χ1n) is 7.72. The number of fused-ring (bicyclic) bond motifs is 1. The van der Waals surface area contributed by atoms with Crippen LogP contribution >= 0.6 is 0 Å². The zero-order valence-electron chi connectivity index (χ0n) is 13.0. The Morgan fingerprint density at radius 1 is 1.43 bits per heavy atom. The van der Waals surface area contributed by atoms with Crippen LogP contribution in [-0.4, -0.2) is 28.1 Å². The summed E-state index contributed by atoms with van der Waals surface area (Å²) in [7, 11) is 0. The van der Waals surface area contributed by atoms with Gasteiger partial charge in [-0.25, -0.2) is 0 Å². The van der Waals surface area contributed by atoms with Crippen LogP contribution in [0.4, 0.5) is 0 Å². The van der Waals surface area contributed by atoms with Gasteiger partial charge in [0, 0.05) is 32.1 Å². The standard InChI is InChI=1S/C16H20N4O3/c1-11(21)17-7-12-2-4-20-15(6-12)14(9-19-20)16(22)18-8-13-3-5-23-10-13/h3,5,9-10,12H,2,4,6-8H2,1H3,(H,17,21)(H,18,22)/t12-/m1/s1. The van der Waals surface area contributed by atoms with E-state index in [1.54, 1.807) is 18.7 Å². The molecule has 122 valence electrons. The second-order valence-corrected chi connectivity index (χ2v) is 5.84. The highest BCUT2D eigenvalue weighted by atomic mass is 16.3. The number of carbonyl (C=O) groups excluding carboxylic acids is 2. The Balaban J connectivity index is 1.64. The third kappa shape index (κ3) is 3.61. The summed E-state index contributed by atoms with van der Waals surface area (Å²) in [5.41, 5.74) is 2.47. The van der Waals surface area contributed by atoms with Crippen LogP contribution in [0.15, 0.2) is 29.2 Å². The summed E-state index contributed by atoms with van der Waals surface area (Å²) >= 11 is 0. The summed E-state index contributed by atoms with van der Waals surface area (Å²) in [4.78, 5) is 23.4. The first kappa shape index (κ1) is 15.3. The van der Waals surface area contributed by atoms with Gasteiger partial charge in [-0.2, -0.15) is 5.10 Å². The monoisotopic (exact) mass is 316 g/mol. The molecular formula is C16H20N4O3. The second kappa shape index (κ2) is 6.68. The number of aryl methyl sites for hydroxylation is 1. The Morgan fingerprint density at radius 3 is 3.04 bits per heavy atom. The lowest BCUT2D eigenvalue weighted by molar-refractivity contribution is -0.119. The summed E-state index contributed by atoms with van der Waals surface area (Å²) < 4.78 is 6.87. The maximum absolute atomic E-state index is 12.4. The first-order chi connectivity index (χ1) is 11.1. The highest BCUT2D eigenvalue weighted by Gasteiger charge is 2.25. The molecule has 0 bridgehead atoms. The number of aromatic nitrogens is 2. The summed E-state index contributed by atoms with van der Waals surface area (Å²) in [5.74, 6) is 0.179. The number of nitrogens with zero attached hydrogens (tertiary/aromatic N) is 2. The zero-order valence-corrected chi connectivity index (χ0v) is 13.0. The van der Waals surface area contributed by atoms with Crippen LogP contribution < -0.4 is 10.6 Å². The van der Waals surface area contributed by atoms with E-state index in [0.29, 0.717) is 24.6 Å². The van der Waals surface area contributed by atoms with Crippen LogP contribution in [0.3, 0.4) is 0 Å². The fourth-order valence-corrected chi connectivity index (χ4v) is 2.82. The average Bonchev–Trinajstić information content (AvgIpc) is 3.19. The van der Waals surface area contributed by atoms with E-state index in [2.05, 4.69) is 15.7 Å². The highest BCUT2D eigenvalue weighted by Crippen LogP contribution is 2.22. The van der Waals surface area contributed by atoms with Gasteiger partial charge in [0.05, 0.1) is 30.0 Å². The van der Waals surface area contributed by atoms with Crippen molar-refractivity contribution in [1.29, 1.82) is 0 Å². The molecule has 0 saturated carbocycles. The van der Waals surface area contributed by atoms with E-state index in [-0.39, 0.29) is 11.8 Å². The Hall–Kier alpha value is -2.57. The van der Waals surface area contributed by atoms with E-state index in [1.165, 1.54) is 6.92 Å². The summed E-state index contributed by atoms with van der Waals surface area (Å²) in [6, 6.07) is 1.82. The van der Waals surface area contributed by atoms with Gasteiger partial charge in [-0.05, 0) is 24.8 Å². The number of rotatable bonds is 5. The van der Waals surface area contributed by atoms with Gasteiger partial charge in [0.1, 0.15) is 0 Å². The molecule has 3 rings (SSSR count). The molecule has 0 aliphatic carbocycles. The quantitative estimate of drug-likeness (QED) is 0.864. The number of carbonyl (C=O) groups is 2. The van der Waals surface area contributed by atoms with Crippen molar-refractivity contribution in [3.05, 3.63) is 41.6 Å². The smallest absolute Gasteiger partial charge is 0.255 e. The lowest BCUT2D eigenvalue weighted by Crippen LogP contribution is -2.33. The number of nitrogens with one attached hydrogen (secondary N) is 2. The van der Waals surface area contributed by atoms with Crippen LogP contribution in [0.25, 0.3) is 0 Å². The lowest BCUT2D eigenvalue weighted by atomic mass is 9.94. The molecule has 3 heterocycles. The van der Waals surface area contributed by atoms with Crippen molar-refractivity contribution in [2.75, 3.05) is 6.54 Å². The number of amides is 2. The largest absolute Gasteiger partial charge is 0.472 e. The third-order valence-electron chi connectivity index (χ3n) is 4.10. The predicted octanol–water partition coefficient (Wildman–Crippen LogP) is 1.10. The van der Waals surface area contributed by atoms with Crippen molar-refractivity contribution in [3.63, 3.8) is 0 Å². The Kier molecular flexibility index (Phi) is 4.45. The van der Waals surface area contributed by atoms with Gasteiger partial charge in [0.25, 0.3) is 5.91 Å². The van der Waals surface area contributed by atoms with E-state index in [4.69, 9.17) is 4.42 Å². The van der Waals surface area contributed by atoms with E-state index in [0.717, 1.165) is 30.6 Å². The normalized spacial score (nSPS) is 16.7. The van der Waals surface area contributed by atoms with Crippen LogP contribution in [0.1, 0.15) is 35.0 Å². The molecule has 0 radical (unpaired) electrons. The minimum Gasteiger partial charge on any atom is -0.472 e. The van der Waals surface area contributed by atoms with Gasteiger partial charge in [-0.3, -0.25) is 14.3 Å². The molecule has 2 N–H and O–H groups in total. The van der Waals surface area contributed by atoms with Crippen molar-refractivity contribution in [2.24, 2.45) is 5.92 Å². The lowest BCUT2D eigenvalue weighted by Gasteiger charge is -2.24. The number of furan rings is 1. The summed E-state index contributed by atoms with van der Waals surface area (Å²) in [5, 5.41) is 10.0. The molecule has 2 aromatic rings. The van der Waals surface area contributed by atoms with Gasteiger partial charge in [0.2, 0.25) is 5.91 Å². The van der Waals surface area contributed by atoms with Gasteiger partial charge >= 0.3 is 0 Å². The van der Waals surface area contributed by atoms with Gasteiger partial charge in [-0.1, -0.05) is 0 Å². The Labute approximate surface area is 134 Å². The van der Waals surface area contributed by atoms with Gasteiger partial charge < -0.3 is 15.1 Å². The van der Waals surface area contributed by atoms with Crippen molar-refractivity contribution in [2.45, 2.75) is 32.9 Å². The van der Waals surface area contributed by atoms with Crippen molar-refractivity contribution in [3.8, 4) is 0 Å². The van der Waals surface area contributed by atoms with E-state index in [9.17, 15) is 9.59 Å². The predicted molar refractivity (Wildman–Crippen MR) is 82.6 cm³/mol. The molecule has 7 heteroatoms. The molecule has 2 aromatic heterocycles. The Morgan fingerprint density at radius 2 is 2.30 bits per heavy atom. The van der Waals surface area contributed by atoms with Crippen molar-refractivity contribution < 1.29 is 14.0 Å². The third-order valence-corrected chi connectivity index (χ3v) is 4.10. The van der Waals surface area contributed by atoms with Gasteiger partial charge in [0.15, 0.2) is 0 Å². The van der Waals surface area contributed by atoms with Crippen molar-refractivity contribution in [1.82, 2.24) is 20.4 Å². The fourth-order valence-electron chi connectivity index (χ4n) is 2.82. The molecule has 23 heavy (non-hydrogen) atoms. The van der Waals surface area contributed by atoms with Crippen LogP contribution in [0, 0.1) is 5.92 Å². The fraction of sp³-hybridized carbons (Fsp3) is 0.438. The molecule has 7 nitrogen and oxygen atoms in total. The SMILES string of the molecule is CC(=O)NC[C@@H]1CCn2ncc(C(=O)NCc3ccoc3)c2C1. The summed E-state index contributed by atoms with van der Waals surface area (Å²) in [6.07, 6.45) is 6.51. The van der Waals surface area contributed by atoms with Crippen molar-refractivity contribution >= 4 is 11.8 Å². The molecule has 1 aliphatic rings. The highest BCUT2D eigenvalue weighted by molar-refractivity contribution is 5.95. The average molecular weight is 316 g/mol. The maximum atomic E-state index is 12.4. The van der Waals surface area contributed by atoms with Crippen LogP contribution in [0.5, 0.6) is 0 Å². The molecule has 1 atom stereocenters. The van der Waals surface area contributed by atoms with Gasteiger partial charge in [-0.15, -0.1) is 0 Å². The zero-order chi connectivity index (χ0) is 16.2. The molecule has 0 aromatic carbocycles. The Bertz CT molecular complexity index is 690. The first-order valence-corrected chi connectivity index (χ1v) is 7.72. The van der Waals surface area contributed by atoms with E-state index >= 15 is 0 Å². The van der Waals surface area contributed by atoms with Crippen LogP contribution in [-0.2, 0) is 24.3 Å². The molecular weight excluding hydrogens is 296 g/mol. The molecule has 0 unspecified atom stereocenters. The topological polar surface area (TPSA) is 89.2 Å². The molecule has 0 spiro atoms. The second-order valence-electron chi connectivity index (χ2n) is 5.84. The molecule has 0 saturated heterocycles. The summed E-state index contributed by atoms with van der Waals surface area (Å²) in [6.45, 7) is 3.35. The minimum atomic E-state index is -0.132. The number of hydrogen-bond acceptors (Lipinski definition) is 4. The maximum Gasteiger partial charge on any atom is 0.255 e. The number of hydrogen-bond donors (Lipinski definition) is 2. The minimum absolute atomic E-state index is 0.0258. The van der Waals surface area contributed by atoms with E-state index < -0.39 is 0 Å².